The summed E-state index contributed by atoms with van der Waals surface area (Å²) >= 11 is 0. The molecule has 108 valence electrons. The van der Waals surface area contributed by atoms with Gasteiger partial charge < -0.3 is 9.88 Å². The van der Waals surface area contributed by atoms with E-state index in [1.165, 1.54) is 33.3 Å². The summed E-state index contributed by atoms with van der Waals surface area (Å²) < 4.78 is 2.37. The standard InChI is InChI=1S/C17H25N3/c1-12-5-6-13(2)17-16(12)15(14(3)19(17)4)11-20-9-7-18-8-10-20/h5-6,18H,7-11H2,1-4H3. The summed E-state index contributed by atoms with van der Waals surface area (Å²) in [5.41, 5.74) is 7.12. The van der Waals surface area contributed by atoms with Gasteiger partial charge in [-0.2, -0.15) is 0 Å². The Bertz CT molecular complexity index is 633. The monoisotopic (exact) mass is 271 g/mol. The van der Waals surface area contributed by atoms with E-state index in [9.17, 15) is 0 Å². The van der Waals surface area contributed by atoms with Gasteiger partial charge in [0.2, 0.25) is 0 Å². The van der Waals surface area contributed by atoms with Crippen molar-refractivity contribution in [1.29, 1.82) is 0 Å². The average molecular weight is 271 g/mol. The minimum Gasteiger partial charge on any atom is -0.347 e. The van der Waals surface area contributed by atoms with E-state index in [0.717, 1.165) is 32.7 Å². The van der Waals surface area contributed by atoms with Crippen molar-refractivity contribution in [3.05, 3.63) is 34.5 Å². The molecule has 2 heterocycles. The Morgan fingerprint density at radius 2 is 1.70 bits per heavy atom. The fourth-order valence-electron chi connectivity index (χ4n) is 3.45. The topological polar surface area (TPSA) is 20.2 Å². The van der Waals surface area contributed by atoms with Gasteiger partial charge in [-0.15, -0.1) is 0 Å². The minimum absolute atomic E-state index is 1.08. The number of piperazine rings is 1. The first-order chi connectivity index (χ1) is 9.59. The second-order valence-corrected chi connectivity index (χ2v) is 6.07. The quantitative estimate of drug-likeness (QED) is 0.905. The highest BCUT2D eigenvalue weighted by Gasteiger charge is 2.18. The van der Waals surface area contributed by atoms with Gasteiger partial charge in [0.15, 0.2) is 0 Å². The molecule has 1 saturated heterocycles. The molecular weight excluding hydrogens is 246 g/mol. The number of aryl methyl sites for hydroxylation is 3. The largest absolute Gasteiger partial charge is 0.347 e. The molecule has 1 aliphatic heterocycles. The summed E-state index contributed by atoms with van der Waals surface area (Å²) in [4.78, 5) is 2.57. The number of rotatable bonds is 2. The third kappa shape index (κ3) is 2.15. The molecule has 0 aliphatic carbocycles. The van der Waals surface area contributed by atoms with Crippen LogP contribution in [-0.4, -0.2) is 35.6 Å². The lowest BCUT2D eigenvalue weighted by Crippen LogP contribution is -2.43. The zero-order valence-corrected chi connectivity index (χ0v) is 13.1. The summed E-state index contributed by atoms with van der Waals surface area (Å²) in [6.45, 7) is 12.3. The van der Waals surface area contributed by atoms with Crippen LogP contribution < -0.4 is 5.32 Å². The first kappa shape index (κ1) is 13.7. The van der Waals surface area contributed by atoms with Gasteiger partial charge in [-0.1, -0.05) is 12.1 Å². The van der Waals surface area contributed by atoms with Crippen LogP contribution in [0.4, 0.5) is 0 Å². The van der Waals surface area contributed by atoms with Gasteiger partial charge in [-0.25, -0.2) is 0 Å². The Balaban J connectivity index is 2.10. The molecule has 1 aliphatic rings. The molecule has 1 N–H and O–H groups in total. The normalized spacial score (nSPS) is 17.0. The van der Waals surface area contributed by atoms with Gasteiger partial charge in [0.25, 0.3) is 0 Å². The fourth-order valence-corrected chi connectivity index (χ4v) is 3.45. The van der Waals surface area contributed by atoms with E-state index in [0.29, 0.717) is 0 Å². The van der Waals surface area contributed by atoms with Gasteiger partial charge in [-0.05, 0) is 37.5 Å². The van der Waals surface area contributed by atoms with Crippen molar-refractivity contribution in [3.8, 4) is 0 Å². The van der Waals surface area contributed by atoms with Crippen molar-refractivity contribution in [2.24, 2.45) is 7.05 Å². The molecule has 0 unspecified atom stereocenters. The summed E-state index contributed by atoms with van der Waals surface area (Å²) in [6.07, 6.45) is 0. The van der Waals surface area contributed by atoms with Crippen LogP contribution in [0.1, 0.15) is 22.4 Å². The van der Waals surface area contributed by atoms with Gasteiger partial charge in [-0.3, -0.25) is 4.90 Å². The van der Waals surface area contributed by atoms with E-state index in [2.05, 4.69) is 54.7 Å². The van der Waals surface area contributed by atoms with Crippen LogP contribution in [0.2, 0.25) is 0 Å². The Morgan fingerprint density at radius 1 is 1.05 bits per heavy atom. The summed E-state index contributed by atoms with van der Waals surface area (Å²) in [7, 11) is 2.20. The number of hydrogen-bond donors (Lipinski definition) is 1. The highest BCUT2D eigenvalue weighted by atomic mass is 15.2. The lowest BCUT2D eigenvalue weighted by atomic mass is 10.0. The predicted octanol–water partition coefficient (Wildman–Crippen LogP) is 2.51. The molecule has 3 heteroatoms. The van der Waals surface area contributed by atoms with Crippen molar-refractivity contribution in [1.82, 2.24) is 14.8 Å². The van der Waals surface area contributed by atoms with Crippen LogP contribution in [-0.2, 0) is 13.6 Å². The second-order valence-electron chi connectivity index (χ2n) is 6.07. The third-order valence-electron chi connectivity index (χ3n) is 4.76. The first-order valence-electron chi connectivity index (χ1n) is 7.56. The molecule has 0 saturated carbocycles. The first-order valence-corrected chi connectivity index (χ1v) is 7.56. The summed E-state index contributed by atoms with van der Waals surface area (Å²) in [6, 6.07) is 4.50. The molecular formula is C17H25N3. The van der Waals surface area contributed by atoms with Crippen molar-refractivity contribution in [2.75, 3.05) is 26.2 Å². The number of nitrogens with one attached hydrogen (secondary N) is 1. The van der Waals surface area contributed by atoms with Crippen molar-refractivity contribution < 1.29 is 0 Å². The average Bonchev–Trinajstić information content (AvgIpc) is 2.70. The molecule has 1 aromatic heterocycles. The summed E-state index contributed by atoms with van der Waals surface area (Å²) in [5, 5.41) is 4.91. The molecule has 3 nitrogen and oxygen atoms in total. The Kier molecular flexibility index (Phi) is 3.57. The third-order valence-corrected chi connectivity index (χ3v) is 4.76. The van der Waals surface area contributed by atoms with Crippen molar-refractivity contribution >= 4 is 10.9 Å². The van der Waals surface area contributed by atoms with E-state index in [4.69, 9.17) is 0 Å². The molecule has 2 aromatic rings. The molecule has 0 amide bonds. The lowest BCUT2D eigenvalue weighted by molar-refractivity contribution is 0.233. The van der Waals surface area contributed by atoms with Crippen LogP contribution >= 0.6 is 0 Å². The molecule has 20 heavy (non-hydrogen) atoms. The Labute approximate surface area is 121 Å². The highest BCUT2D eigenvalue weighted by molar-refractivity contribution is 5.90. The summed E-state index contributed by atoms with van der Waals surface area (Å²) in [5.74, 6) is 0. The molecule has 0 radical (unpaired) electrons. The zero-order valence-electron chi connectivity index (χ0n) is 13.1. The van der Waals surface area contributed by atoms with E-state index in [-0.39, 0.29) is 0 Å². The molecule has 1 fully saturated rings. The Morgan fingerprint density at radius 3 is 2.40 bits per heavy atom. The number of fused-ring (bicyclic) bond motifs is 1. The Hall–Kier alpha value is -1.32. The fraction of sp³-hybridized carbons (Fsp3) is 0.529. The number of benzene rings is 1. The van der Waals surface area contributed by atoms with E-state index >= 15 is 0 Å². The number of hydrogen-bond acceptors (Lipinski definition) is 2. The van der Waals surface area contributed by atoms with Gasteiger partial charge in [0.05, 0.1) is 5.52 Å². The van der Waals surface area contributed by atoms with Crippen LogP contribution in [0, 0.1) is 20.8 Å². The van der Waals surface area contributed by atoms with Crippen LogP contribution in [0.25, 0.3) is 10.9 Å². The maximum Gasteiger partial charge on any atom is 0.0515 e. The maximum atomic E-state index is 3.43. The second kappa shape index (κ2) is 5.23. The zero-order chi connectivity index (χ0) is 14.3. The molecule has 0 bridgehead atoms. The molecule has 3 rings (SSSR count). The van der Waals surface area contributed by atoms with Crippen LogP contribution in [0.5, 0.6) is 0 Å². The highest BCUT2D eigenvalue weighted by Crippen LogP contribution is 2.31. The van der Waals surface area contributed by atoms with Gasteiger partial charge >= 0.3 is 0 Å². The van der Waals surface area contributed by atoms with Gasteiger partial charge in [0.1, 0.15) is 0 Å². The predicted molar refractivity (Wildman–Crippen MR) is 85.3 cm³/mol. The van der Waals surface area contributed by atoms with E-state index in [1.807, 2.05) is 0 Å². The minimum atomic E-state index is 1.08. The number of aromatic nitrogens is 1. The van der Waals surface area contributed by atoms with E-state index < -0.39 is 0 Å². The van der Waals surface area contributed by atoms with Crippen molar-refractivity contribution in [2.45, 2.75) is 27.3 Å². The molecule has 0 spiro atoms. The van der Waals surface area contributed by atoms with Crippen LogP contribution in [0.3, 0.4) is 0 Å². The number of nitrogens with zero attached hydrogens (tertiary/aromatic N) is 2. The van der Waals surface area contributed by atoms with Crippen LogP contribution in [0.15, 0.2) is 12.1 Å². The van der Waals surface area contributed by atoms with Crippen molar-refractivity contribution in [3.63, 3.8) is 0 Å². The lowest BCUT2D eigenvalue weighted by Gasteiger charge is -2.27. The van der Waals surface area contributed by atoms with E-state index in [1.54, 1.807) is 0 Å². The molecule has 1 aromatic carbocycles. The molecule has 0 atom stereocenters. The SMILES string of the molecule is Cc1ccc(C)c2c1c(CN1CCNCC1)c(C)n2C. The van der Waals surface area contributed by atoms with Gasteiger partial charge in [0, 0.05) is 50.9 Å². The maximum absolute atomic E-state index is 3.43. The smallest absolute Gasteiger partial charge is 0.0515 e.